The van der Waals surface area contributed by atoms with Crippen LogP contribution in [0.25, 0.3) is 0 Å². The van der Waals surface area contributed by atoms with Gasteiger partial charge in [-0.05, 0) is 50.1 Å². The van der Waals surface area contributed by atoms with Crippen molar-refractivity contribution in [3.8, 4) is 0 Å². The lowest BCUT2D eigenvalue weighted by Crippen LogP contribution is -2.39. The maximum atomic E-state index is 12.9. The molecule has 0 bridgehead atoms. The van der Waals surface area contributed by atoms with E-state index in [4.69, 9.17) is 5.73 Å². The average Bonchev–Trinajstić information content (AvgIpc) is 2.79. The lowest BCUT2D eigenvalue weighted by molar-refractivity contribution is 0.0705. The monoisotopic (exact) mass is 415 g/mol. The Morgan fingerprint density at radius 1 is 1.06 bits per heavy atom. The maximum Gasteiger partial charge on any atom is 0.253 e. The van der Waals surface area contributed by atoms with Crippen LogP contribution in [0.1, 0.15) is 62.4 Å². The van der Waals surface area contributed by atoms with Crippen LogP contribution in [0.5, 0.6) is 0 Å². The number of carbonyl (C=O) groups is 2. The SMILES string of the molecule is Cc1nc(Cc2cc(C(N)=O)ccn2)cc(C2CCCN(C(=O)c3ccccc3)C2)n1. The summed E-state index contributed by atoms with van der Waals surface area (Å²) in [4.78, 5) is 39.8. The number of amides is 2. The molecule has 4 rings (SSSR count). The van der Waals surface area contributed by atoms with Gasteiger partial charge >= 0.3 is 0 Å². The number of hydrogen-bond donors (Lipinski definition) is 1. The summed E-state index contributed by atoms with van der Waals surface area (Å²) in [6, 6.07) is 14.7. The van der Waals surface area contributed by atoms with E-state index >= 15 is 0 Å². The summed E-state index contributed by atoms with van der Waals surface area (Å²) in [5.41, 5.74) is 9.02. The molecule has 1 aliphatic rings. The number of benzene rings is 1. The first-order chi connectivity index (χ1) is 15.0. The number of aryl methyl sites for hydroxylation is 1. The van der Waals surface area contributed by atoms with E-state index in [1.54, 1.807) is 18.3 Å². The van der Waals surface area contributed by atoms with E-state index in [2.05, 4.69) is 15.0 Å². The summed E-state index contributed by atoms with van der Waals surface area (Å²) < 4.78 is 0. The Balaban J connectivity index is 1.53. The first kappa shape index (κ1) is 20.7. The lowest BCUT2D eigenvalue weighted by Gasteiger charge is -2.32. The summed E-state index contributed by atoms with van der Waals surface area (Å²) >= 11 is 0. The molecule has 158 valence electrons. The summed E-state index contributed by atoms with van der Waals surface area (Å²) in [5.74, 6) is 0.425. The number of nitrogens with two attached hydrogens (primary N) is 1. The highest BCUT2D eigenvalue weighted by molar-refractivity contribution is 5.94. The first-order valence-corrected chi connectivity index (χ1v) is 10.4. The molecular formula is C24H25N5O2. The molecule has 0 aliphatic carbocycles. The maximum absolute atomic E-state index is 12.9. The van der Waals surface area contributed by atoms with Crippen molar-refractivity contribution in [1.82, 2.24) is 19.9 Å². The number of nitrogens with zero attached hydrogens (tertiary/aromatic N) is 4. The van der Waals surface area contributed by atoms with Crippen molar-refractivity contribution < 1.29 is 9.59 Å². The largest absolute Gasteiger partial charge is 0.366 e. The third-order valence-electron chi connectivity index (χ3n) is 5.52. The van der Waals surface area contributed by atoms with Crippen molar-refractivity contribution in [1.29, 1.82) is 0 Å². The van der Waals surface area contributed by atoms with Gasteiger partial charge in [-0.1, -0.05) is 18.2 Å². The van der Waals surface area contributed by atoms with Crippen LogP contribution in [-0.4, -0.2) is 44.8 Å². The average molecular weight is 415 g/mol. The van der Waals surface area contributed by atoms with Crippen LogP contribution in [0, 0.1) is 6.92 Å². The summed E-state index contributed by atoms with van der Waals surface area (Å²) in [7, 11) is 0. The number of primary amides is 1. The topological polar surface area (TPSA) is 102 Å². The van der Waals surface area contributed by atoms with Crippen LogP contribution in [-0.2, 0) is 6.42 Å². The van der Waals surface area contributed by atoms with Gasteiger partial charge in [-0.25, -0.2) is 9.97 Å². The number of likely N-dealkylation sites (tertiary alicyclic amines) is 1. The zero-order chi connectivity index (χ0) is 21.8. The van der Waals surface area contributed by atoms with E-state index < -0.39 is 5.91 Å². The number of carbonyl (C=O) groups excluding carboxylic acids is 2. The van der Waals surface area contributed by atoms with Crippen molar-refractivity contribution in [3.05, 3.63) is 88.8 Å². The number of hydrogen-bond acceptors (Lipinski definition) is 5. The van der Waals surface area contributed by atoms with Crippen molar-refractivity contribution in [3.63, 3.8) is 0 Å². The fraction of sp³-hybridized carbons (Fsp3) is 0.292. The molecule has 31 heavy (non-hydrogen) atoms. The molecule has 7 nitrogen and oxygen atoms in total. The molecule has 1 saturated heterocycles. The predicted molar refractivity (Wildman–Crippen MR) is 117 cm³/mol. The van der Waals surface area contributed by atoms with Gasteiger partial charge in [0, 0.05) is 54.1 Å². The Morgan fingerprint density at radius 2 is 1.87 bits per heavy atom. The van der Waals surface area contributed by atoms with Gasteiger partial charge in [0.15, 0.2) is 0 Å². The number of piperidine rings is 1. The minimum atomic E-state index is -0.478. The molecule has 1 atom stereocenters. The Labute approximate surface area is 181 Å². The summed E-state index contributed by atoms with van der Waals surface area (Å²) in [6.45, 7) is 3.26. The van der Waals surface area contributed by atoms with E-state index in [0.29, 0.717) is 29.9 Å². The lowest BCUT2D eigenvalue weighted by atomic mass is 9.93. The third-order valence-corrected chi connectivity index (χ3v) is 5.52. The van der Waals surface area contributed by atoms with E-state index in [0.717, 1.165) is 36.5 Å². The van der Waals surface area contributed by atoms with Crippen molar-refractivity contribution in [2.75, 3.05) is 13.1 Å². The highest BCUT2D eigenvalue weighted by atomic mass is 16.2. The van der Waals surface area contributed by atoms with E-state index in [1.807, 2.05) is 48.2 Å². The highest BCUT2D eigenvalue weighted by Gasteiger charge is 2.26. The van der Waals surface area contributed by atoms with Crippen LogP contribution >= 0.6 is 0 Å². The molecule has 1 aromatic carbocycles. The van der Waals surface area contributed by atoms with Crippen molar-refractivity contribution in [2.24, 2.45) is 5.73 Å². The second kappa shape index (κ2) is 9.04. The fourth-order valence-electron chi connectivity index (χ4n) is 4.03. The van der Waals surface area contributed by atoms with Gasteiger partial charge < -0.3 is 10.6 Å². The minimum absolute atomic E-state index is 0.0590. The molecule has 2 N–H and O–H groups in total. The molecule has 0 radical (unpaired) electrons. The van der Waals surface area contributed by atoms with Gasteiger partial charge in [0.25, 0.3) is 5.91 Å². The van der Waals surface area contributed by atoms with Gasteiger partial charge in [0.05, 0.1) is 5.69 Å². The minimum Gasteiger partial charge on any atom is -0.366 e. The van der Waals surface area contributed by atoms with E-state index in [1.165, 1.54) is 0 Å². The molecule has 1 aliphatic heterocycles. The molecule has 1 fully saturated rings. The number of pyridine rings is 1. The number of aromatic nitrogens is 3. The van der Waals surface area contributed by atoms with Crippen LogP contribution in [0.2, 0.25) is 0 Å². The Kier molecular flexibility index (Phi) is 6.02. The van der Waals surface area contributed by atoms with Crippen molar-refractivity contribution in [2.45, 2.75) is 32.1 Å². The van der Waals surface area contributed by atoms with Crippen LogP contribution < -0.4 is 5.73 Å². The van der Waals surface area contributed by atoms with Gasteiger partial charge in [-0.3, -0.25) is 14.6 Å². The first-order valence-electron chi connectivity index (χ1n) is 10.4. The molecule has 1 unspecified atom stereocenters. The Morgan fingerprint density at radius 3 is 2.65 bits per heavy atom. The Bertz CT molecular complexity index is 1100. The molecule has 3 aromatic rings. The molecule has 2 amide bonds. The zero-order valence-electron chi connectivity index (χ0n) is 17.5. The highest BCUT2D eigenvalue weighted by Crippen LogP contribution is 2.27. The standard InChI is InChI=1S/C24H25N5O2/c1-16-27-21(13-20-12-18(23(25)30)9-10-26-20)14-22(28-16)19-8-5-11-29(15-19)24(31)17-6-3-2-4-7-17/h2-4,6-7,9-10,12,14,19H,5,8,11,13,15H2,1H3,(H2,25,30). The normalized spacial score (nSPS) is 16.2. The smallest absolute Gasteiger partial charge is 0.253 e. The van der Waals surface area contributed by atoms with E-state index in [9.17, 15) is 9.59 Å². The zero-order valence-corrected chi connectivity index (χ0v) is 17.5. The third kappa shape index (κ3) is 4.94. The predicted octanol–water partition coefficient (Wildman–Crippen LogP) is 2.89. The molecule has 2 aromatic heterocycles. The number of rotatable bonds is 5. The van der Waals surface area contributed by atoms with Crippen LogP contribution in [0.3, 0.4) is 0 Å². The molecule has 0 saturated carbocycles. The van der Waals surface area contributed by atoms with E-state index in [-0.39, 0.29) is 11.8 Å². The Hall–Kier alpha value is -3.61. The second-order valence-corrected chi connectivity index (χ2v) is 7.86. The van der Waals surface area contributed by atoms with Gasteiger partial charge in [0.2, 0.25) is 5.91 Å². The molecule has 0 spiro atoms. The summed E-state index contributed by atoms with van der Waals surface area (Å²) in [6.07, 6.45) is 3.98. The van der Waals surface area contributed by atoms with Crippen molar-refractivity contribution >= 4 is 11.8 Å². The van der Waals surface area contributed by atoms with Crippen LogP contribution in [0.15, 0.2) is 54.7 Å². The molecular weight excluding hydrogens is 390 g/mol. The van der Waals surface area contributed by atoms with Gasteiger partial charge in [-0.2, -0.15) is 0 Å². The quantitative estimate of drug-likeness (QED) is 0.690. The van der Waals surface area contributed by atoms with Crippen LogP contribution in [0.4, 0.5) is 0 Å². The van der Waals surface area contributed by atoms with Gasteiger partial charge in [0.1, 0.15) is 5.82 Å². The fourth-order valence-corrected chi connectivity index (χ4v) is 4.03. The second-order valence-electron chi connectivity index (χ2n) is 7.86. The van der Waals surface area contributed by atoms with Gasteiger partial charge in [-0.15, -0.1) is 0 Å². The molecule has 7 heteroatoms. The molecule has 3 heterocycles. The summed E-state index contributed by atoms with van der Waals surface area (Å²) in [5, 5.41) is 0.